The number of benzene rings is 1. The van der Waals surface area contributed by atoms with Gasteiger partial charge in [-0.05, 0) is 57.3 Å². The molecule has 28 heavy (non-hydrogen) atoms. The van der Waals surface area contributed by atoms with Crippen molar-refractivity contribution in [2.24, 2.45) is 4.99 Å². The van der Waals surface area contributed by atoms with Crippen molar-refractivity contribution >= 4 is 41.3 Å². The Morgan fingerprint density at radius 2 is 1.89 bits per heavy atom. The van der Waals surface area contributed by atoms with Gasteiger partial charge in [0, 0.05) is 22.8 Å². The van der Waals surface area contributed by atoms with Crippen LogP contribution in [0.4, 0.5) is 0 Å². The van der Waals surface area contributed by atoms with Crippen molar-refractivity contribution in [2.75, 3.05) is 33.8 Å². The van der Waals surface area contributed by atoms with Gasteiger partial charge in [0.05, 0.1) is 13.1 Å². The first-order chi connectivity index (χ1) is 13.1. The summed E-state index contributed by atoms with van der Waals surface area (Å²) >= 11 is 1.85. The molecule has 0 fully saturated rings. The lowest BCUT2D eigenvalue weighted by atomic mass is 10.2. The summed E-state index contributed by atoms with van der Waals surface area (Å²) in [6.07, 6.45) is 1.09. The number of likely N-dealkylation sites (N-methyl/N-ethyl adjacent to an activating group) is 1. The molecule has 2 aromatic rings. The number of aryl methyl sites for hydroxylation is 1. The van der Waals surface area contributed by atoms with Crippen molar-refractivity contribution in [1.29, 1.82) is 0 Å². The topological polar surface area (TPSA) is 48.9 Å². The van der Waals surface area contributed by atoms with Crippen LogP contribution in [-0.4, -0.2) is 44.7 Å². The van der Waals surface area contributed by atoms with Gasteiger partial charge in [0.2, 0.25) is 0 Å². The van der Waals surface area contributed by atoms with E-state index in [4.69, 9.17) is 9.73 Å². The van der Waals surface area contributed by atoms with Crippen LogP contribution in [0, 0.1) is 0 Å². The highest BCUT2D eigenvalue weighted by molar-refractivity contribution is 14.0. The maximum atomic E-state index is 5.81. The lowest BCUT2D eigenvalue weighted by molar-refractivity contribution is 0.261. The molecule has 2 N–H and O–H groups in total. The van der Waals surface area contributed by atoms with Crippen LogP contribution in [-0.2, 0) is 19.5 Å². The molecule has 5 nitrogen and oxygen atoms in total. The molecule has 0 amide bonds. The van der Waals surface area contributed by atoms with E-state index in [1.807, 2.05) is 37.6 Å². The number of halogens is 1. The molecule has 0 radical (unpaired) electrons. The first kappa shape index (κ1) is 24.7. The number of guanidine groups is 1. The van der Waals surface area contributed by atoms with Crippen molar-refractivity contribution in [3.8, 4) is 5.75 Å². The molecule has 1 aromatic heterocycles. The third-order valence-corrected chi connectivity index (χ3v) is 5.20. The molecule has 0 aliphatic heterocycles. The number of nitrogens with zero attached hydrogens (tertiary/aromatic N) is 2. The minimum atomic E-state index is 0. The van der Waals surface area contributed by atoms with Crippen molar-refractivity contribution in [2.45, 2.75) is 33.4 Å². The number of aliphatic imine (C=N–C) groups is 1. The lowest BCUT2D eigenvalue weighted by Gasteiger charge is -2.12. The highest BCUT2D eigenvalue weighted by atomic mass is 127. The first-order valence-electron chi connectivity index (χ1n) is 9.57. The Bertz CT molecular complexity index is 718. The zero-order valence-corrected chi connectivity index (χ0v) is 20.5. The summed E-state index contributed by atoms with van der Waals surface area (Å²) in [5, 5.41) is 6.73. The van der Waals surface area contributed by atoms with Crippen LogP contribution in [0.3, 0.4) is 0 Å². The van der Waals surface area contributed by atoms with Gasteiger partial charge in [-0.1, -0.05) is 19.1 Å². The van der Waals surface area contributed by atoms with E-state index in [0.29, 0.717) is 13.2 Å². The number of hydrogen-bond donors (Lipinski definition) is 2. The van der Waals surface area contributed by atoms with Crippen molar-refractivity contribution in [1.82, 2.24) is 15.5 Å². The minimum Gasteiger partial charge on any atom is -0.492 e. The summed E-state index contributed by atoms with van der Waals surface area (Å²) in [6.45, 7) is 8.10. The quantitative estimate of drug-likeness (QED) is 0.284. The Kier molecular flexibility index (Phi) is 12.2. The predicted octanol–water partition coefficient (Wildman–Crippen LogP) is 4.12. The Morgan fingerprint density at radius 3 is 2.57 bits per heavy atom. The number of ether oxygens (including phenoxy) is 1. The van der Waals surface area contributed by atoms with Crippen molar-refractivity contribution in [3.63, 3.8) is 0 Å². The fourth-order valence-electron chi connectivity index (χ4n) is 2.47. The lowest BCUT2D eigenvalue weighted by Crippen LogP contribution is -2.36. The molecule has 7 heteroatoms. The molecule has 0 unspecified atom stereocenters. The van der Waals surface area contributed by atoms with Gasteiger partial charge in [-0.2, -0.15) is 0 Å². The van der Waals surface area contributed by atoms with Crippen LogP contribution < -0.4 is 15.4 Å². The fourth-order valence-corrected chi connectivity index (χ4v) is 3.37. The third-order valence-electron chi connectivity index (χ3n) is 3.97. The van der Waals surface area contributed by atoms with Gasteiger partial charge in [-0.3, -0.25) is 0 Å². The number of nitrogens with one attached hydrogen (secondary N) is 2. The molecular weight excluding hydrogens is 483 g/mol. The molecule has 1 aromatic carbocycles. The van der Waals surface area contributed by atoms with Crippen LogP contribution in [0.2, 0.25) is 0 Å². The van der Waals surface area contributed by atoms with Crippen molar-refractivity contribution < 1.29 is 4.74 Å². The van der Waals surface area contributed by atoms with Crippen LogP contribution in [0.25, 0.3) is 0 Å². The minimum absolute atomic E-state index is 0. The first-order valence-corrected chi connectivity index (χ1v) is 10.4. The van der Waals surface area contributed by atoms with Gasteiger partial charge in [-0.25, -0.2) is 4.99 Å². The molecule has 0 saturated carbocycles. The number of hydrogen-bond acceptors (Lipinski definition) is 4. The third kappa shape index (κ3) is 9.25. The smallest absolute Gasteiger partial charge is 0.191 e. The Labute approximate surface area is 190 Å². The molecule has 1 heterocycles. The molecule has 2 rings (SSSR count). The summed E-state index contributed by atoms with van der Waals surface area (Å²) in [5.41, 5.74) is 1.14. The normalized spacial score (nSPS) is 11.2. The summed E-state index contributed by atoms with van der Waals surface area (Å²) in [4.78, 5) is 9.57. The van der Waals surface area contributed by atoms with Gasteiger partial charge in [0.25, 0.3) is 0 Å². The maximum Gasteiger partial charge on any atom is 0.191 e. The van der Waals surface area contributed by atoms with Crippen molar-refractivity contribution in [3.05, 3.63) is 51.7 Å². The SMILES string of the molecule is CCNC(=NCc1cccc(OCCN(C)C)c1)NCc1ccc(CC)s1.I. The molecule has 0 spiro atoms. The van der Waals surface area contributed by atoms with Gasteiger partial charge in [-0.15, -0.1) is 35.3 Å². The van der Waals surface area contributed by atoms with Crippen LogP contribution in [0.5, 0.6) is 5.75 Å². The summed E-state index contributed by atoms with van der Waals surface area (Å²) < 4.78 is 5.81. The fraction of sp³-hybridized carbons (Fsp3) is 0.476. The van der Waals surface area contributed by atoms with E-state index in [-0.39, 0.29) is 24.0 Å². The number of thiophene rings is 1. The highest BCUT2D eigenvalue weighted by Crippen LogP contribution is 2.16. The standard InChI is InChI=1S/C21H32N4OS.HI/c1-5-19-10-11-20(27-19)16-24-21(22-6-2)23-15-17-8-7-9-18(14-17)26-13-12-25(3)4;/h7-11,14H,5-6,12-13,15-16H2,1-4H3,(H2,22,23,24);1H. The summed E-state index contributed by atoms with van der Waals surface area (Å²) in [6, 6.07) is 12.6. The molecule has 0 aliphatic carbocycles. The monoisotopic (exact) mass is 516 g/mol. The van der Waals surface area contributed by atoms with E-state index in [9.17, 15) is 0 Å². The molecule has 0 atom stereocenters. The second-order valence-corrected chi connectivity index (χ2v) is 7.82. The Morgan fingerprint density at radius 1 is 1.11 bits per heavy atom. The second kappa shape index (κ2) is 13.8. The zero-order chi connectivity index (χ0) is 19.5. The second-order valence-electron chi connectivity index (χ2n) is 6.57. The predicted molar refractivity (Wildman–Crippen MR) is 131 cm³/mol. The maximum absolute atomic E-state index is 5.81. The molecule has 156 valence electrons. The van der Waals surface area contributed by atoms with Gasteiger partial charge in [0.1, 0.15) is 12.4 Å². The van der Waals surface area contributed by atoms with Gasteiger partial charge in [0.15, 0.2) is 5.96 Å². The van der Waals surface area contributed by atoms with Crippen LogP contribution >= 0.6 is 35.3 Å². The van der Waals surface area contributed by atoms with E-state index in [1.54, 1.807) is 0 Å². The van der Waals surface area contributed by atoms with E-state index >= 15 is 0 Å². The molecule has 0 bridgehead atoms. The molecular formula is C21H33IN4OS. The largest absolute Gasteiger partial charge is 0.492 e. The molecule has 0 saturated heterocycles. The van der Waals surface area contributed by atoms with E-state index in [2.05, 4.69) is 53.6 Å². The zero-order valence-electron chi connectivity index (χ0n) is 17.3. The molecule has 0 aliphatic rings. The van der Waals surface area contributed by atoms with Crippen LogP contribution in [0.1, 0.15) is 29.2 Å². The number of rotatable bonds is 10. The Balaban J connectivity index is 0.00000392. The highest BCUT2D eigenvalue weighted by Gasteiger charge is 2.02. The van der Waals surface area contributed by atoms with Crippen LogP contribution in [0.15, 0.2) is 41.4 Å². The van der Waals surface area contributed by atoms with E-state index in [1.165, 1.54) is 9.75 Å². The van der Waals surface area contributed by atoms with E-state index < -0.39 is 0 Å². The van der Waals surface area contributed by atoms with Gasteiger partial charge < -0.3 is 20.3 Å². The van der Waals surface area contributed by atoms with Gasteiger partial charge >= 0.3 is 0 Å². The average molecular weight is 516 g/mol. The average Bonchev–Trinajstić information content (AvgIpc) is 3.12. The summed E-state index contributed by atoms with van der Waals surface area (Å²) in [7, 11) is 4.09. The summed E-state index contributed by atoms with van der Waals surface area (Å²) in [5.74, 6) is 1.73. The Hall–Kier alpha value is -1.32. The van der Waals surface area contributed by atoms with E-state index in [0.717, 1.165) is 43.3 Å².